The first-order valence-corrected chi connectivity index (χ1v) is 15.0. The third-order valence-corrected chi connectivity index (χ3v) is 9.70. The van der Waals surface area contributed by atoms with E-state index in [0.29, 0.717) is 29.7 Å². The highest BCUT2D eigenvalue weighted by atomic mass is 35.5. The topological polar surface area (TPSA) is 101 Å². The van der Waals surface area contributed by atoms with Crippen molar-refractivity contribution in [3.05, 3.63) is 34.9 Å². The van der Waals surface area contributed by atoms with Crippen molar-refractivity contribution >= 4 is 55.0 Å². The maximum Gasteiger partial charge on any atom is 0.319 e. The molecule has 8 nitrogen and oxygen atoms in total. The lowest BCUT2D eigenvalue weighted by Gasteiger charge is -2.31. The van der Waals surface area contributed by atoms with Crippen LogP contribution in [0.15, 0.2) is 18.2 Å². The highest BCUT2D eigenvalue weighted by Crippen LogP contribution is 2.43. The molecule has 0 bridgehead atoms. The van der Waals surface area contributed by atoms with Gasteiger partial charge in [-0.15, -0.1) is 0 Å². The van der Waals surface area contributed by atoms with E-state index < -0.39 is 23.3 Å². The summed E-state index contributed by atoms with van der Waals surface area (Å²) in [6.07, 6.45) is 3.19. The Labute approximate surface area is 243 Å². The summed E-state index contributed by atoms with van der Waals surface area (Å²) in [6, 6.07) is 4.38. The van der Waals surface area contributed by atoms with Gasteiger partial charge in [0.05, 0.1) is 20.8 Å². The third-order valence-electron chi connectivity index (χ3n) is 8.51. The molecule has 0 radical (unpaired) electrons. The zero-order valence-electron chi connectivity index (χ0n) is 22.2. The van der Waals surface area contributed by atoms with Crippen LogP contribution in [0, 0.1) is 11.6 Å². The van der Waals surface area contributed by atoms with E-state index in [-0.39, 0.29) is 50.1 Å². The monoisotopic (exact) mass is 603 g/mol. The predicted molar refractivity (Wildman–Crippen MR) is 156 cm³/mol. The first-order valence-electron chi connectivity index (χ1n) is 13.9. The number of nitrogen functional groups attached to an aromatic ring is 1. The number of rotatable bonds is 6. The highest BCUT2D eigenvalue weighted by Gasteiger charge is 2.49. The number of nitrogens with zero attached hydrogens (tertiary/aromatic N) is 4. The number of hydrogen-bond acceptors (Lipinski definition) is 9. The summed E-state index contributed by atoms with van der Waals surface area (Å²) in [4.78, 5) is 15.5. The summed E-state index contributed by atoms with van der Waals surface area (Å²) in [7, 11) is 0. The summed E-state index contributed by atoms with van der Waals surface area (Å²) in [5, 5.41) is 7.46. The van der Waals surface area contributed by atoms with Gasteiger partial charge in [0.2, 0.25) is 0 Å². The molecule has 3 aliphatic rings. The van der Waals surface area contributed by atoms with Gasteiger partial charge in [0.15, 0.2) is 10.9 Å². The molecule has 4 N–H and O–H groups in total. The van der Waals surface area contributed by atoms with E-state index >= 15 is 4.39 Å². The summed E-state index contributed by atoms with van der Waals surface area (Å²) in [5.41, 5.74) is 6.05. The molecule has 1 unspecified atom stereocenters. The minimum atomic E-state index is -0.901. The first kappa shape index (κ1) is 26.9. The highest BCUT2D eigenvalue weighted by molar-refractivity contribution is 7.22. The Hall–Kier alpha value is -2.93. The van der Waals surface area contributed by atoms with Gasteiger partial charge >= 0.3 is 6.01 Å². The van der Waals surface area contributed by atoms with Gasteiger partial charge in [0.25, 0.3) is 0 Å². The number of nitrogens with one attached hydrogen (secondary N) is 2. The lowest BCUT2D eigenvalue weighted by molar-refractivity contribution is 0.107. The quantitative estimate of drug-likeness (QED) is 0.264. The van der Waals surface area contributed by atoms with E-state index in [9.17, 15) is 8.78 Å². The zero-order valence-corrected chi connectivity index (χ0v) is 23.7. The molecule has 3 atom stereocenters. The number of aromatic nitrogens is 3. The number of fused-ring (bicyclic) bond motifs is 3. The second-order valence-corrected chi connectivity index (χ2v) is 12.6. The number of piperidine rings is 1. The lowest BCUT2D eigenvalue weighted by Crippen LogP contribution is -2.43. The van der Waals surface area contributed by atoms with Gasteiger partial charge in [-0.2, -0.15) is 9.97 Å². The van der Waals surface area contributed by atoms with Crippen molar-refractivity contribution in [1.29, 1.82) is 0 Å². The van der Waals surface area contributed by atoms with Crippen molar-refractivity contribution in [2.45, 2.75) is 49.9 Å². The van der Waals surface area contributed by atoms with Crippen molar-refractivity contribution in [2.24, 2.45) is 0 Å². The number of benzene rings is 2. The van der Waals surface area contributed by atoms with Crippen LogP contribution in [0.5, 0.6) is 6.01 Å². The van der Waals surface area contributed by atoms with E-state index in [2.05, 4.69) is 30.5 Å². The van der Waals surface area contributed by atoms with Gasteiger partial charge in [0, 0.05) is 42.1 Å². The summed E-state index contributed by atoms with van der Waals surface area (Å²) in [6.45, 7) is 3.09. The molecule has 0 aliphatic carbocycles. The molecule has 3 aliphatic heterocycles. The number of alkyl halides is 1. The molecule has 0 amide bonds. The zero-order chi connectivity index (χ0) is 28.3. The molecule has 7 rings (SSSR count). The molecule has 5 heterocycles. The van der Waals surface area contributed by atoms with Crippen molar-refractivity contribution in [1.82, 2.24) is 25.2 Å². The molecule has 2 aromatic heterocycles. The molecule has 2 aromatic carbocycles. The standard InChI is InChI=1S/C28H29ClF3N7OS/c29-18-9-17-22(21(32)20(18)16-4-5-19(31)24-23(16)36-26(33)41-24)37-27(38-25(17)35-15-3-1-7-34-11-15)40-13-28-6-2-8-39(28)12-14(30)10-28/h4-5,9,14-15,34H,1-3,6-8,10-13H2,(H2,33,36)(H,35,37,38)/t14-,15?,28+/m1/s1. The van der Waals surface area contributed by atoms with E-state index in [1.54, 1.807) is 6.07 Å². The van der Waals surface area contributed by atoms with Crippen LogP contribution in [0.1, 0.15) is 32.1 Å². The minimum Gasteiger partial charge on any atom is -0.461 e. The number of thiazole rings is 1. The average molecular weight is 604 g/mol. The molecule has 216 valence electrons. The van der Waals surface area contributed by atoms with Gasteiger partial charge in [-0.3, -0.25) is 4.90 Å². The molecule has 3 fully saturated rings. The largest absolute Gasteiger partial charge is 0.461 e. The van der Waals surface area contributed by atoms with Crippen molar-refractivity contribution < 1.29 is 17.9 Å². The van der Waals surface area contributed by atoms with Crippen LogP contribution in [0.3, 0.4) is 0 Å². The van der Waals surface area contributed by atoms with Crippen molar-refractivity contribution in [3.8, 4) is 17.1 Å². The van der Waals surface area contributed by atoms with Gasteiger partial charge < -0.3 is 21.1 Å². The molecular weight excluding hydrogens is 575 g/mol. The molecule has 4 aromatic rings. The van der Waals surface area contributed by atoms with Gasteiger partial charge in [-0.05, 0) is 57.0 Å². The fourth-order valence-electron chi connectivity index (χ4n) is 6.61. The van der Waals surface area contributed by atoms with Gasteiger partial charge in [-0.25, -0.2) is 18.2 Å². The molecule has 0 spiro atoms. The molecule has 13 heteroatoms. The van der Waals surface area contributed by atoms with Crippen LogP contribution in [-0.2, 0) is 0 Å². The van der Waals surface area contributed by atoms with E-state index in [0.717, 1.165) is 56.7 Å². The normalized spacial score (nSPS) is 24.8. The number of nitrogens with two attached hydrogens (primary N) is 1. The summed E-state index contributed by atoms with van der Waals surface area (Å²) < 4.78 is 51.7. The van der Waals surface area contributed by atoms with Crippen LogP contribution < -0.4 is 21.1 Å². The Bertz CT molecular complexity index is 1650. The summed E-state index contributed by atoms with van der Waals surface area (Å²) in [5.74, 6) is -0.790. The average Bonchev–Trinajstić information content (AvgIpc) is 3.62. The minimum absolute atomic E-state index is 0.00151. The predicted octanol–water partition coefficient (Wildman–Crippen LogP) is 5.54. The Morgan fingerprint density at radius 3 is 2.93 bits per heavy atom. The maximum atomic E-state index is 16.5. The Morgan fingerprint density at radius 1 is 1.22 bits per heavy atom. The number of ether oxygens (including phenoxy) is 1. The van der Waals surface area contributed by atoms with Crippen LogP contribution in [0.2, 0.25) is 5.02 Å². The van der Waals surface area contributed by atoms with Crippen molar-refractivity contribution in [2.75, 3.05) is 43.8 Å². The Balaban J connectivity index is 1.34. The first-order chi connectivity index (χ1) is 19.8. The van der Waals surface area contributed by atoms with Crippen LogP contribution in [0.25, 0.3) is 32.2 Å². The second kappa shape index (κ2) is 10.4. The fourth-order valence-corrected chi connectivity index (χ4v) is 7.66. The van der Waals surface area contributed by atoms with Crippen molar-refractivity contribution in [3.63, 3.8) is 0 Å². The number of anilines is 2. The van der Waals surface area contributed by atoms with E-state index in [4.69, 9.17) is 22.1 Å². The Morgan fingerprint density at radius 2 is 2.10 bits per heavy atom. The fraction of sp³-hybridized carbons (Fsp3) is 0.464. The van der Waals surface area contributed by atoms with E-state index in [1.807, 2.05) is 0 Å². The molecule has 0 saturated carbocycles. The molecular formula is C28H29ClF3N7OS. The second-order valence-electron chi connectivity index (χ2n) is 11.2. The van der Waals surface area contributed by atoms with Crippen LogP contribution in [-0.4, -0.2) is 70.4 Å². The molecule has 3 saturated heterocycles. The SMILES string of the molecule is Nc1nc2c(-c3c(Cl)cc4c(NC5CCCNC5)nc(OC[C@@]56CCCN5C[C@H](F)C6)nc4c3F)ccc(F)c2s1. The maximum absolute atomic E-state index is 16.5. The number of hydrogen-bond donors (Lipinski definition) is 3. The third kappa shape index (κ3) is 4.74. The van der Waals surface area contributed by atoms with Gasteiger partial charge in [0.1, 0.15) is 29.9 Å². The number of halogens is 4. The van der Waals surface area contributed by atoms with Gasteiger partial charge in [-0.1, -0.05) is 22.9 Å². The van der Waals surface area contributed by atoms with Crippen LogP contribution >= 0.6 is 22.9 Å². The molecule has 41 heavy (non-hydrogen) atoms. The summed E-state index contributed by atoms with van der Waals surface area (Å²) >= 11 is 7.69. The van der Waals surface area contributed by atoms with Crippen LogP contribution in [0.4, 0.5) is 24.1 Å². The Kier molecular flexibility index (Phi) is 6.84. The lowest BCUT2D eigenvalue weighted by atomic mass is 9.95. The van der Waals surface area contributed by atoms with E-state index in [1.165, 1.54) is 12.1 Å². The smallest absolute Gasteiger partial charge is 0.319 e.